The molecule has 0 spiro atoms. The van der Waals surface area contributed by atoms with E-state index in [1.807, 2.05) is 0 Å². The lowest BCUT2D eigenvalue weighted by atomic mass is 10.1. The van der Waals surface area contributed by atoms with Gasteiger partial charge in [-0.3, -0.25) is 4.79 Å². The monoisotopic (exact) mass is 284 g/mol. The van der Waals surface area contributed by atoms with Crippen molar-refractivity contribution in [2.45, 2.75) is 6.92 Å². The molecule has 0 aromatic heterocycles. The smallest absolute Gasteiger partial charge is 0.212 e. The third-order valence-electron chi connectivity index (χ3n) is 2.05. The molecule has 0 aliphatic carbocycles. The summed E-state index contributed by atoms with van der Waals surface area (Å²) in [5.74, 6) is -0.0895. The lowest BCUT2D eigenvalue weighted by Crippen LogP contribution is -2.16. The molecule has 0 unspecified atom stereocenters. The van der Waals surface area contributed by atoms with Gasteiger partial charge in [0.05, 0.1) is 10.0 Å². The summed E-state index contributed by atoms with van der Waals surface area (Å²) in [6, 6.07) is 6.35. The van der Waals surface area contributed by atoms with Gasteiger partial charge in [0.15, 0.2) is 6.61 Å². The number of nitrogens with zero attached hydrogens (tertiary/aromatic N) is 1. The van der Waals surface area contributed by atoms with Crippen LogP contribution in [0.2, 0.25) is 10.0 Å². The van der Waals surface area contributed by atoms with Crippen LogP contribution < -0.4 is 10.5 Å². The van der Waals surface area contributed by atoms with E-state index in [2.05, 4.69) is 0 Å². The first kappa shape index (κ1) is 14.4. The summed E-state index contributed by atoms with van der Waals surface area (Å²) in [6.07, 6.45) is 0. The number of ketones is 1. The van der Waals surface area contributed by atoms with E-state index in [-0.39, 0.29) is 17.9 Å². The van der Waals surface area contributed by atoms with Crippen molar-refractivity contribution < 1.29 is 9.53 Å². The Labute approximate surface area is 115 Å². The molecule has 0 amide bonds. The van der Waals surface area contributed by atoms with Crippen LogP contribution in [0.15, 0.2) is 29.5 Å². The Kier molecular flexibility index (Phi) is 5.02. The van der Waals surface area contributed by atoms with E-state index < -0.39 is 5.78 Å². The molecule has 1 rings (SSSR count). The molecule has 0 heterocycles. The second-order valence-electron chi connectivity index (χ2n) is 3.46. The third kappa shape index (κ3) is 3.66. The van der Waals surface area contributed by atoms with Gasteiger partial charge in [-0.05, 0) is 19.1 Å². The number of nitriles is 1. The average Bonchev–Trinajstić information content (AvgIpc) is 2.31. The molecule has 1 aromatic carbocycles. The predicted octanol–water partition coefficient (Wildman–Crippen LogP) is 2.70. The number of Topliss-reactive ketones (excluding diaryl/α,β-unsaturated/α-hetero) is 1. The molecule has 94 valence electrons. The number of halogens is 2. The second kappa shape index (κ2) is 6.29. The van der Waals surface area contributed by atoms with Crippen LogP contribution >= 0.6 is 23.2 Å². The molecule has 0 fully saturated rings. The van der Waals surface area contributed by atoms with Gasteiger partial charge in [-0.2, -0.15) is 5.26 Å². The standard InChI is InChI=1S/C12H10Cl2N2O2/c1-7(16)9(5-15)12(17)6-18-8-2-3-10(13)11(14)4-8/h2-4H,6,16H2,1H3/b9-7-. The number of hydrogen-bond donors (Lipinski definition) is 1. The van der Waals surface area contributed by atoms with Crippen molar-refractivity contribution in [3.05, 3.63) is 39.5 Å². The van der Waals surface area contributed by atoms with Crippen molar-refractivity contribution in [1.82, 2.24) is 0 Å². The van der Waals surface area contributed by atoms with Crippen molar-refractivity contribution in [2.75, 3.05) is 6.61 Å². The highest BCUT2D eigenvalue weighted by Crippen LogP contribution is 2.26. The number of carbonyl (C=O) groups excluding carboxylic acids is 1. The first-order valence-electron chi connectivity index (χ1n) is 4.93. The van der Waals surface area contributed by atoms with Crippen molar-refractivity contribution in [2.24, 2.45) is 5.73 Å². The summed E-state index contributed by atoms with van der Waals surface area (Å²) in [7, 11) is 0. The van der Waals surface area contributed by atoms with Crippen molar-refractivity contribution in [3.63, 3.8) is 0 Å². The molecule has 18 heavy (non-hydrogen) atoms. The lowest BCUT2D eigenvalue weighted by Gasteiger charge is -2.06. The number of carbonyl (C=O) groups is 1. The van der Waals surface area contributed by atoms with E-state index in [0.29, 0.717) is 15.8 Å². The van der Waals surface area contributed by atoms with Gasteiger partial charge >= 0.3 is 0 Å². The molecule has 2 N–H and O–H groups in total. The number of benzene rings is 1. The van der Waals surface area contributed by atoms with Crippen molar-refractivity contribution in [3.8, 4) is 11.8 Å². The van der Waals surface area contributed by atoms with Gasteiger partial charge in [0.1, 0.15) is 17.4 Å². The molecular formula is C12H10Cl2N2O2. The minimum absolute atomic E-state index is 0.102. The highest BCUT2D eigenvalue weighted by Gasteiger charge is 2.12. The highest BCUT2D eigenvalue weighted by atomic mass is 35.5. The van der Waals surface area contributed by atoms with Crippen LogP contribution in [0.5, 0.6) is 5.75 Å². The maximum Gasteiger partial charge on any atom is 0.212 e. The maximum absolute atomic E-state index is 11.6. The zero-order chi connectivity index (χ0) is 13.7. The fourth-order valence-corrected chi connectivity index (χ4v) is 1.45. The molecule has 0 bridgehead atoms. The van der Waals surface area contributed by atoms with Gasteiger partial charge in [0.25, 0.3) is 0 Å². The Morgan fingerprint density at radius 1 is 1.44 bits per heavy atom. The van der Waals surface area contributed by atoms with Gasteiger partial charge in [0, 0.05) is 11.8 Å². The van der Waals surface area contributed by atoms with Gasteiger partial charge in [0.2, 0.25) is 5.78 Å². The summed E-state index contributed by atoms with van der Waals surface area (Å²) in [4.78, 5) is 11.6. The summed E-state index contributed by atoms with van der Waals surface area (Å²) >= 11 is 11.5. The lowest BCUT2D eigenvalue weighted by molar-refractivity contribution is -0.117. The first-order chi connectivity index (χ1) is 8.45. The van der Waals surface area contributed by atoms with Crippen LogP contribution in [-0.4, -0.2) is 12.4 Å². The maximum atomic E-state index is 11.6. The minimum atomic E-state index is -0.483. The quantitative estimate of drug-likeness (QED) is 0.681. The Hall–Kier alpha value is -1.70. The van der Waals surface area contributed by atoms with E-state index in [0.717, 1.165) is 0 Å². The molecule has 0 saturated carbocycles. The molecule has 6 heteroatoms. The zero-order valence-electron chi connectivity index (χ0n) is 9.54. The van der Waals surface area contributed by atoms with Crippen molar-refractivity contribution in [1.29, 1.82) is 5.26 Å². The number of hydrogen-bond acceptors (Lipinski definition) is 4. The Bertz CT molecular complexity index is 543. The highest BCUT2D eigenvalue weighted by molar-refractivity contribution is 6.42. The first-order valence-corrected chi connectivity index (χ1v) is 5.68. The number of allylic oxidation sites excluding steroid dienone is 1. The van der Waals surface area contributed by atoms with E-state index in [1.54, 1.807) is 18.2 Å². The Morgan fingerprint density at radius 3 is 2.61 bits per heavy atom. The van der Waals surface area contributed by atoms with E-state index in [9.17, 15) is 4.79 Å². The summed E-state index contributed by atoms with van der Waals surface area (Å²) in [5, 5.41) is 9.46. The average molecular weight is 285 g/mol. The molecule has 0 aliphatic heterocycles. The summed E-state index contributed by atoms with van der Waals surface area (Å²) in [5.41, 5.74) is 5.47. The number of rotatable bonds is 4. The third-order valence-corrected chi connectivity index (χ3v) is 2.79. The van der Waals surface area contributed by atoms with Gasteiger partial charge < -0.3 is 10.5 Å². The van der Waals surface area contributed by atoms with Crippen LogP contribution in [0.25, 0.3) is 0 Å². The molecule has 0 radical (unpaired) electrons. The number of ether oxygens (including phenoxy) is 1. The fraction of sp³-hybridized carbons (Fsp3) is 0.167. The van der Waals surface area contributed by atoms with Crippen LogP contribution in [0.1, 0.15) is 6.92 Å². The molecule has 0 aliphatic rings. The van der Waals surface area contributed by atoms with E-state index in [4.69, 9.17) is 38.9 Å². The van der Waals surface area contributed by atoms with Crippen LogP contribution in [0, 0.1) is 11.3 Å². The van der Waals surface area contributed by atoms with Gasteiger partial charge in [-0.25, -0.2) is 0 Å². The molecule has 0 saturated heterocycles. The van der Waals surface area contributed by atoms with Gasteiger partial charge in [-0.1, -0.05) is 23.2 Å². The van der Waals surface area contributed by atoms with Gasteiger partial charge in [-0.15, -0.1) is 0 Å². The zero-order valence-corrected chi connectivity index (χ0v) is 11.0. The second-order valence-corrected chi connectivity index (χ2v) is 4.27. The van der Waals surface area contributed by atoms with Crippen molar-refractivity contribution >= 4 is 29.0 Å². The van der Waals surface area contributed by atoms with E-state index >= 15 is 0 Å². The summed E-state index contributed by atoms with van der Waals surface area (Å²) < 4.78 is 5.20. The molecule has 4 nitrogen and oxygen atoms in total. The predicted molar refractivity (Wildman–Crippen MR) is 69.5 cm³/mol. The minimum Gasteiger partial charge on any atom is -0.485 e. The van der Waals surface area contributed by atoms with E-state index in [1.165, 1.54) is 13.0 Å². The number of nitrogens with two attached hydrogens (primary N) is 1. The fourth-order valence-electron chi connectivity index (χ4n) is 1.16. The Balaban J connectivity index is 2.72. The molecule has 1 aromatic rings. The molecular weight excluding hydrogens is 275 g/mol. The van der Waals surface area contributed by atoms with Crippen LogP contribution in [-0.2, 0) is 4.79 Å². The van der Waals surface area contributed by atoms with Crippen LogP contribution in [0.4, 0.5) is 0 Å². The van der Waals surface area contributed by atoms with Crippen LogP contribution in [0.3, 0.4) is 0 Å². The normalized spacial score (nSPS) is 11.4. The molecule has 0 atom stereocenters. The SMILES string of the molecule is C/C(N)=C(\C#N)C(=O)COc1ccc(Cl)c(Cl)c1. The topological polar surface area (TPSA) is 76.1 Å². The largest absolute Gasteiger partial charge is 0.485 e. The Morgan fingerprint density at radius 2 is 2.11 bits per heavy atom. The summed E-state index contributed by atoms with van der Waals surface area (Å²) in [6.45, 7) is 1.20.